The third kappa shape index (κ3) is 2.37. The van der Waals surface area contributed by atoms with Crippen molar-refractivity contribution in [3.63, 3.8) is 0 Å². The molecule has 0 saturated carbocycles. The molecule has 0 aromatic heterocycles. The first kappa shape index (κ1) is 13.4. The van der Waals surface area contributed by atoms with Crippen molar-refractivity contribution < 1.29 is 0 Å². The molecule has 0 saturated heterocycles. The van der Waals surface area contributed by atoms with Gasteiger partial charge in [0.1, 0.15) is 0 Å². The highest BCUT2D eigenvalue weighted by molar-refractivity contribution is 6.91. The standard InChI is InChI=1S/C17H24Si/c1-5-14(2)16-12-9-13-17(16)18(3,4)15-10-7-6-8-11-15/h6-14,17H,5H2,1-4H3. The van der Waals surface area contributed by atoms with E-state index in [1.165, 1.54) is 6.42 Å². The van der Waals surface area contributed by atoms with E-state index in [-0.39, 0.29) is 0 Å². The van der Waals surface area contributed by atoms with Gasteiger partial charge in [-0.1, -0.05) is 86.3 Å². The van der Waals surface area contributed by atoms with E-state index in [0.29, 0.717) is 11.5 Å². The van der Waals surface area contributed by atoms with Gasteiger partial charge in [0, 0.05) is 0 Å². The van der Waals surface area contributed by atoms with E-state index in [4.69, 9.17) is 0 Å². The summed E-state index contributed by atoms with van der Waals surface area (Å²) in [4.78, 5) is 0. The second kappa shape index (κ2) is 5.27. The summed E-state index contributed by atoms with van der Waals surface area (Å²) in [6.45, 7) is 9.65. The monoisotopic (exact) mass is 256 g/mol. The van der Waals surface area contributed by atoms with Gasteiger partial charge in [-0.2, -0.15) is 0 Å². The first-order chi connectivity index (χ1) is 8.57. The average Bonchev–Trinajstić information content (AvgIpc) is 2.89. The van der Waals surface area contributed by atoms with Crippen LogP contribution in [-0.4, -0.2) is 8.07 Å². The summed E-state index contributed by atoms with van der Waals surface area (Å²) >= 11 is 0. The summed E-state index contributed by atoms with van der Waals surface area (Å²) in [5, 5.41) is 1.57. The Bertz CT molecular complexity index is 454. The molecule has 2 rings (SSSR count). The van der Waals surface area contributed by atoms with E-state index in [1.54, 1.807) is 10.8 Å². The third-order valence-electron chi connectivity index (χ3n) is 4.43. The van der Waals surface area contributed by atoms with Gasteiger partial charge < -0.3 is 0 Å². The van der Waals surface area contributed by atoms with Crippen LogP contribution in [0.5, 0.6) is 0 Å². The highest BCUT2D eigenvalue weighted by Crippen LogP contribution is 2.39. The van der Waals surface area contributed by atoms with Crippen LogP contribution in [0.2, 0.25) is 18.6 Å². The normalized spacial score (nSPS) is 20.9. The summed E-state index contributed by atoms with van der Waals surface area (Å²) in [6, 6.07) is 11.1. The van der Waals surface area contributed by atoms with Gasteiger partial charge in [-0.15, -0.1) is 0 Å². The van der Waals surface area contributed by atoms with Crippen LogP contribution in [-0.2, 0) is 0 Å². The lowest BCUT2D eigenvalue weighted by Crippen LogP contribution is -2.46. The molecule has 1 aliphatic carbocycles. The number of rotatable bonds is 4. The second-order valence-electron chi connectivity index (χ2n) is 5.93. The predicted octanol–water partition coefficient (Wildman–Crippen LogP) is 4.51. The Balaban J connectivity index is 2.31. The Labute approximate surface area is 112 Å². The molecule has 1 aromatic carbocycles. The molecule has 0 radical (unpaired) electrons. The van der Waals surface area contributed by atoms with Gasteiger partial charge in [0.15, 0.2) is 0 Å². The lowest BCUT2D eigenvalue weighted by Gasteiger charge is -2.33. The molecule has 0 heterocycles. The Morgan fingerprint density at radius 2 is 1.83 bits per heavy atom. The summed E-state index contributed by atoms with van der Waals surface area (Å²) in [6.07, 6.45) is 8.30. The molecule has 0 bridgehead atoms. The molecule has 1 aliphatic rings. The van der Waals surface area contributed by atoms with E-state index in [1.807, 2.05) is 0 Å². The van der Waals surface area contributed by atoms with Gasteiger partial charge >= 0.3 is 0 Å². The fourth-order valence-electron chi connectivity index (χ4n) is 2.90. The predicted molar refractivity (Wildman–Crippen MR) is 84.0 cm³/mol. The smallest absolute Gasteiger partial charge is 0.0797 e. The average molecular weight is 256 g/mol. The van der Waals surface area contributed by atoms with Crippen molar-refractivity contribution in [2.45, 2.75) is 38.9 Å². The van der Waals surface area contributed by atoms with E-state index in [2.05, 4.69) is 75.5 Å². The van der Waals surface area contributed by atoms with Gasteiger partial charge in [-0.25, -0.2) is 0 Å². The molecule has 0 nitrogen and oxygen atoms in total. The summed E-state index contributed by atoms with van der Waals surface area (Å²) in [5.74, 6) is 0.709. The van der Waals surface area contributed by atoms with E-state index < -0.39 is 8.07 Å². The lowest BCUT2D eigenvalue weighted by atomic mass is 9.97. The van der Waals surface area contributed by atoms with Crippen molar-refractivity contribution in [2.24, 2.45) is 5.92 Å². The van der Waals surface area contributed by atoms with Crippen LogP contribution in [0.4, 0.5) is 0 Å². The van der Waals surface area contributed by atoms with Crippen LogP contribution >= 0.6 is 0 Å². The fraction of sp³-hybridized carbons (Fsp3) is 0.412. The minimum Gasteiger partial charge on any atom is -0.0797 e. The maximum absolute atomic E-state index is 2.50. The lowest BCUT2D eigenvalue weighted by molar-refractivity contribution is 0.642. The van der Waals surface area contributed by atoms with E-state index in [9.17, 15) is 0 Å². The molecular formula is C17H24Si. The van der Waals surface area contributed by atoms with Crippen LogP contribution in [0.15, 0.2) is 54.1 Å². The van der Waals surface area contributed by atoms with Crippen molar-refractivity contribution >= 4 is 13.3 Å². The van der Waals surface area contributed by atoms with Gasteiger partial charge in [-0.05, 0) is 17.9 Å². The highest BCUT2D eigenvalue weighted by Gasteiger charge is 2.36. The molecule has 96 valence electrons. The van der Waals surface area contributed by atoms with Crippen molar-refractivity contribution in [3.05, 3.63) is 54.1 Å². The van der Waals surface area contributed by atoms with Crippen LogP contribution in [0.25, 0.3) is 0 Å². The molecule has 1 heteroatoms. The van der Waals surface area contributed by atoms with Crippen molar-refractivity contribution in [1.29, 1.82) is 0 Å². The summed E-state index contributed by atoms with van der Waals surface area (Å²) in [5.41, 5.74) is 2.33. The molecule has 18 heavy (non-hydrogen) atoms. The van der Waals surface area contributed by atoms with Crippen LogP contribution < -0.4 is 5.19 Å². The van der Waals surface area contributed by atoms with Crippen molar-refractivity contribution in [1.82, 2.24) is 0 Å². The molecule has 1 aromatic rings. The van der Waals surface area contributed by atoms with E-state index in [0.717, 1.165) is 0 Å². The summed E-state index contributed by atoms with van der Waals surface area (Å²) in [7, 11) is -1.44. The third-order valence-corrected chi connectivity index (χ3v) is 8.33. The van der Waals surface area contributed by atoms with E-state index >= 15 is 0 Å². The van der Waals surface area contributed by atoms with Gasteiger partial charge in [0.05, 0.1) is 8.07 Å². The van der Waals surface area contributed by atoms with Crippen LogP contribution in [0.1, 0.15) is 20.3 Å². The number of hydrogen-bond donors (Lipinski definition) is 0. The Kier molecular flexibility index (Phi) is 3.91. The van der Waals surface area contributed by atoms with Gasteiger partial charge in [0.25, 0.3) is 0 Å². The van der Waals surface area contributed by atoms with Crippen molar-refractivity contribution in [3.8, 4) is 0 Å². The van der Waals surface area contributed by atoms with Crippen LogP contribution in [0, 0.1) is 5.92 Å². The van der Waals surface area contributed by atoms with Crippen LogP contribution in [0.3, 0.4) is 0 Å². The number of allylic oxidation sites excluding steroid dienone is 4. The largest absolute Gasteiger partial charge is 0.0915 e. The first-order valence-corrected chi connectivity index (χ1v) is 10.1. The molecule has 2 unspecified atom stereocenters. The van der Waals surface area contributed by atoms with Gasteiger partial charge in [-0.3, -0.25) is 0 Å². The van der Waals surface area contributed by atoms with Gasteiger partial charge in [0.2, 0.25) is 0 Å². The quantitative estimate of drug-likeness (QED) is 0.695. The maximum atomic E-state index is 2.50. The SMILES string of the molecule is CCC(C)C1=CC=CC1[Si](C)(C)c1ccccc1. The molecular weight excluding hydrogens is 232 g/mol. The molecule has 0 N–H and O–H groups in total. The molecule has 0 aliphatic heterocycles. The van der Waals surface area contributed by atoms with Crippen molar-refractivity contribution in [2.75, 3.05) is 0 Å². The molecule has 0 spiro atoms. The zero-order valence-corrected chi connectivity index (χ0v) is 13.0. The first-order valence-electron chi connectivity index (χ1n) is 7.01. The summed E-state index contributed by atoms with van der Waals surface area (Å²) < 4.78 is 0. The minimum absolute atomic E-state index is 0.676. The minimum atomic E-state index is -1.44. The molecule has 2 atom stereocenters. The number of benzene rings is 1. The Hall–Kier alpha value is -1.08. The zero-order chi connectivity index (χ0) is 13.2. The second-order valence-corrected chi connectivity index (χ2v) is 10.6. The fourth-order valence-corrected chi connectivity index (χ4v) is 6.12. The zero-order valence-electron chi connectivity index (χ0n) is 12.0. The molecule has 0 fully saturated rings. The topological polar surface area (TPSA) is 0 Å². The number of hydrogen-bond acceptors (Lipinski definition) is 0. The maximum Gasteiger partial charge on any atom is 0.0915 e. The Morgan fingerprint density at radius 3 is 2.44 bits per heavy atom. The highest BCUT2D eigenvalue weighted by atomic mass is 28.3. The molecule has 0 amide bonds. The Morgan fingerprint density at radius 1 is 1.17 bits per heavy atom.